The lowest BCUT2D eigenvalue weighted by Crippen LogP contribution is -2.60. The van der Waals surface area contributed by atoms with Gasteiger partial charge in [0.05, 0.1) is 6.54 Å². The molecule has 1 aromatic rings. The van der Waals surface area contributed by atoms with E-state index in [0.29, 0.717) is 6.54 Å². The van der Waals surface area contributed by atoms with E-state index in [9.17, 15) is 9.59 Å². The van der Waals surface area contributed by atoms with E-state index in [0.717, 1.165) is 9.98 Å². The molecule has 1 aliphatic rings. The average Bonchev–Trinajstić information content (AvgIpc) is 2.37. The SMILES string of the molecule is O=C(N[C@H]1CN(Cl)C1=O)OCc1ccccc1. The van der Waals surface area contributed by atoms with Gasteiger partial charge in [0, 0.05) is 11.8 Å². The predicted molar refractivity (Wildman–Crippen MR) is 61.1 cm³/mol. The fourth-order valence-electron chi connectivity index (χ4n) is 1.40. The highest BCUT2D eigenvalue weighted by atomic mass is 35.5. The summed E-state index contributed by atoms with van der Waals surface area (Å²) in [5.41, 5.74) is 0.890. The maximum Gasteiger partial charge on any atom is 0.408 e. The van der Waals surface area contributed by atoms with Crippen molar-refractivity contribution in [1.29, 1.82) is 0 Å². The van der Waals surface area contributed by atoms with Crippen LogP contribution in [0.2, 0.25) is 0 Å². The smallest absolute Gasteiger partial charge is 0.408 e. The van der Waals surface area contributed by atoms with Crippen molar-refractivity contribution < 1.29 is 14.3 Å². The number of rotatable bonds is 3. The number of hydrogen-bond acceptors (Lipinski definition) is 3. The van der Waals surface area contributed by atoms with Gasteiger partial charge in [0.2, 0.25) is 0 Å². The van der Waals surface area contributed by atoms with Crippen LogP contribution >= 0.6 is 11.8 Å². The zero-order valence-electron chi connectivity index (χ0n) is 8.93. The van der Waals surface area contributed by atoms with Crippen molar-refractivity contribution >= 4 is 23.8 Å². The first-order chi connectivity index (χ1) is 8.16. The lowest BCUT2D eigenvalue weighted by atomic mass is 10.2. The minimum Gasteiger partial charge on any atom is -0.445 e. The Kier molecular flexibility index (Phi) is 3.49. The van der Waals surface area contributed by atoms with Gasteiger partial charge in [-0.1, -0.05) is 30.3 Å². The lowest BCUT2D eigenvalue weighted by Gasteiger charge is -2.32. The molecular formula is C11H11ClN2O3. The maximum atomic E-state index is 11.3. The summed E-state index contributed by atoms with van der Waals surface area (Å²) in [5, 5.41) is 2.43. The first-order valence-corrected chi connectivity index (χ1v) is 5.45. The molecule has 0 saturated carbocycles. The summed E-state index contributed by atoms with van der Waals surface area (Å²) in [7, 11) is 0. The van der Waals surface area contributed by atoms with Gasteiger partial charge >= 0.3 is 6.09 Å². The number of carbonyl (C=O) groups is 2. The van der Waals surface area contributed by atoms with E-state index >= 15 is 0 Å². The molecule has 6 heteroatoms. The molecule has 90 valence electrons. The quantitative estimate of drug-likeness (QED) is 0.653. The second-order valence-corrected chi connectivity index (χ2v) is 4.05. The van der Waals surface area contributed by atoms with Gasteiger partial charge in [0.25, 0.3) is 5.91 Å². The standard InChI is InChI=1S/C11H11ClN2O3/c12-14-6-9(10(14)15)13-11(16)17-7-8-4-2-1-3-5-8/h1-5,9H,6-7H2,(H,13,16)/t9-/m0/s1. The van der Waals surface area contributed by atoms with Gasteiger partial charge in [-0.25, -0.2) is 4.79 Å². The number of carbonyl (C=O) groups excluding carboxylic acids is 2. The van der Waals surface area contributed by atoms with Crippen LogP contribution in [0.3, 0.4) is 0 Å². The number of hydrogen-bond donors (Lipinski definition) is 1. The summed E-state index contributed by atoms with van der Waals surface area (Å²) >= 11 is 5.44. The lowest BCUT2D eigenvalue weighted by molar-refractivity contribution is -0.136. The molecule has 2 amide bonds. The Hall–Kier alpha value is -1.75. The monoisotopic (exact) mass is 254 g/mol. The molecule has 1 aliphatic heterocycles. The highest BCUT2D eigenvalue weighted by molar-refractivity contribution is 6.24. The van der Waals surface area contributed by atoms with Crippen LogP contribution in [0.1, 0.15) is 5.56 Å². The molecule has 1 N–H and O–H groups in total. The molecule has 2 rings (SSSR count). The van der Waals surface area contributed by atoms with Crippen molar-refractivity contribution in [3.8, 4) is 0 Å². The molecule has 1 fully saturated rings. The van der Waals surface area contributed by atoms with E-state index in [1.807, 2.05) is 30.3 Å². The largest absolute Gasteiger partial charge is 0.445 e. The minimum atomic E-state index is -0.614. The Balaban J connectivity index is 1.73. The van der Waals surface area contributed by atoms with Gasteiger partial charge in [0.1, 0.15) is 12.6 Å². The molecule has 1 aromatic carbocycles. The topological polar surface area (TPSA) is 58.6 Å². The Morgan fingerprint density at radius 2 is 2.18 bits per heavy atom. The predicted octanol–water partition coefficient (Wildman–Crippen LogP) is 1.28. The van der Waals surface area contributed by atoms with Crippen molar-refractivity contribution in [2.45, 2.75) is 12.6 Å². The Bertz CT molecular complexity index is 424. The third-order valence-electron chi connectivity index (χ3n) is 2.38. The van der Waals surface area contributed by atoms with Crippen molar-refractivity contribution in [1.82, 2.24) is 9.74 Å². The van der Waals surface area contributed by atoms with Gasteiger partial charge < -0.3 is 10.1 Å². The van der Waals surface area contributed by atoms with Crippen LogP contribution in [0.15, 0.2) is 30.3 Å². The zero-order chi connectivity index (χ0) is 12.3. The average molecular weight is 255 g/mol. The van der Waals surface area contributed by atoms with Crippen LogP contribution in [0.4, 0.5) is 4.79 Å². The minimum absolute atomic E-state index is 0.179. The van der Waals surface area contributed by atoms with Crippen LogP contribution in [0.5, 0.6) is 0 Å². The van der Waals surface area contributed by atoms with E-state index in [-0.39, 0.29) is 12.5 Å². The van der Waals surface area contributed by atoms with Crippen molar-refractivity contribution in [2.24, 2.45) is 0 Å². The van der Waals surface area contributed by atoms with Crippen molar-refractivity contribution in [3.63, 3.8) is 0 Å². The highest BCUT2D eigenvalue weighted by Gasteiger charge is 2.37. The maximum absolute atomic E-state index is 11.3. The van der Waals surface area contributed by atoms with E-state index in [1.54, 1.807) is 0 Å². The fourth-order valence-corrected chi connectivity index (χ4v) is 1.66. The number of alkyl carbamates (subject to hydrolysis) is 1. The van der Waals surface area contributed by atoms with Crippen LogP contribution in [-0.4, -0.2) is 29.0 Å². The van der Waals surface area contributed by atoms with E-state index < -0.39 is 12.1 Å². The van der Waals surface area contributed by atoms with Crippen LogP contribution in [0.25, 0.3) is 0 Å². The molecule has 5 nitrogen and oxygen atoms in total. The molecule has 0 bridgehead atoms. The molecule has 0 unspecified atom stereocenters. The van der Waals surface area contributed by atoms with Crippen molar-refractivity contribution in [3.05, 3.63) is 35.9 Å². The number of ether oxygens (including phenoxy) is 1. The molecule has 17 heavy (non-hydrogen) atoms. The molecule has 0 aromatic heterocycles. The van der Waals surface area contributed by atoms with E-state index in [4.69, 9.17) is 16.5 Å². The van der Waals surface area contributed by atoms with Crippen LogP contribution < -0.4 is 5.32 Å². The second-order valence-electron chi connectivity index (χ2n) is 3.64. The van der Waals surface area contributed by atoms with E-state index in [1.165, 1.54) is 0 Å². The normalized spacial score (nSPS) is 18.5. The molecule has 1 atom stereocenters. The van der Waals surface area contributed by atoms with Gasteiger partial charge in [-0.05, 0) is 5.56 Å². The van der Waals surface area contributed by atoms with Crippen LogP contribution in [0, 0.1) is 0 Å². The molecule has 0 radical (unpaired) electrons. The van der Waals surface area contributed by atoms with Gasteiger partial charge in [-0.15, -0.1) is 0 Å². The summed E-state index contributed by atoms with van der Waals surface area (Å²) in [6, 6.07) is 8.74. The summed E-state index contributed by atoms with van der Waals surface area (Å²) in [4.78, 5) is 22.4. The summed E-state index contributed by atoms with van der Waals surface area (Å²) in [6.45, 7) is 0.485. The number of nitrogens with zero attached hydrogens (tertiary/aromatic N) is 1. The molecule has 1 saturated heterocycles. The number of benzene rings is 1. The van der Waals surface area contributed by atoms with Gasteiger partial charge in [0.15, 0.2) is 0 Å². The number of nitrogens with one attached hydrogen (secondary N) is 1. The third kappa shape index (κ3) is 2.88. The molecule has 0 spiro atoms. The fraction of sp³-hybridized carbons (Fsp3) is 0.273. The zero-order valence-corrected chi connectivity index (χ0v) is 9.68. The third-order valence-corrected chi connectivity index (χ3v) is 2.69. The molecule has 1 heterocycles. The molecule has 0 aliphatic carbocycles. The first kappa shape index (κ1) is 11.7. The number of halogens is 1. The summed E-state index contributed by atoms with van der Waals surface area (Å²) in [6.07, 6.45) is -0.614. The Morgan fingerprint density at radius 1 is 1.47 bits per heavy atom. The number of amides is 2. The summed E-state index contributed by atoms with van der Waals surface area (Å²) < 4.78 is 5.97. The Labute approximate surface area is 103 Å². The van der Waals surface area contributed by atoms with E-state index in [2.05, 4.69) is 5.32 Å². The Morgan fingerprint density at radius 3 is 2.76 bits per heavy atom. The van der Waals surface area contributed by atoms with Gasteiger partial charge in [-0.3, -0.25) is 9.21 Å². The van der Waals surface area contributed by atoms with Crippen molar-refractivity contribution in [2.75, 3.05) is 6.54 Å². The highest BCUT2D eigenvalue weighted by Crippen LogP contribution is 2.12. The molecular weight excluding hydrogens is 244 g/mol. The van der Waals surface area contributed by atoms with Crippen LogP contribution in [-0.2, 0) is 16.1 Å². The summed E-state index contributed by atoms with van der Waals surface area (Å²) in [5.74, 6) is -0.316. The van der Waals surface area contributed by atoms with Gasteiger partial charge in [-0.2, -0.15) is 0 Å². The number of β-lactam (4-membered cyclic amide) rings is 1. The first-order valence-electron chi connectivity index (χ1n) is 5.11. The second kappa shape index (κ2) is 5.05.